The minimum atomic E-state index is 0.0188. The highest BCUT2D eigenvalue weighted by Crippen LogP contribution is 2.33. The number of nitrogens with one attached hydrogen (secondary N) is 1. The summed E-state index contributed by atoms with van der Waals surface area (Å²) in [5.41, 5.74) is 1.05. The van der Waals surface area contributed by atoms with Crippen molar-refractivity contribution in [2.45, 2.75) is 32.1 Å². The molecule has 5 nitrogen and oxygen atoms in total. The summed E-state index contributed by atoms with van der Waals surface area (Å²) in [7, 11) is 3.57. The Morgan fingerprint density at radius 1 is 1.07 bits per heavy atom. The number of carbonyl (C=O) groups is 1. The predicted molar refractivity (Wildman–Crippen MR) is 122 cm³/mol. The molecule has 1 aliphatic heterocycles. The summed E-state index contributed by atoms with van der Waals surface area (Å²) >= 11 is 12.5. The van der Waals surface area contributed by atoms with Crippen LogP contribution in [0, 0.1) is 11.8 Å². The maximum Gasteiger partial charge on any atom is 0.316 e. The molecule has 1 aromatic carbocycles. The fourth-order valence-electron chi connectivity index (χ4n) is 4.43. The number of nitrogens with zero attached hydrogens (tertiary/aromatic N) is 3. The number of hydrogen-bond donors (Lipinski definition) is 1. The Balaban J connectivity index is 1.33. The smallest absolute Gasteiger partial charge is 0.316 e. The van der Waals surface area contributed by atoms with Crippen LogP contribution in [0.15, 0.2) is 18.2 Å². The second kappa shape index (κ2) is 10.7. The number of urea groups is 1. The van der Waals surface area contributed by atoms with Crippen molar-refractivity contribution >= 4 is 34.9 Å². The lowest BCUT2D eigenvalue weighted by Gasteiger charge is -2.37. The van der Waals surface area contributed by atoms with Gasteiger partial charge in [0.1, 0.15) is 0 Å². The number of halogens is 2. The summed E-state index contributed by atoms with van der Waals surface area (Å²) in [6.45, 7) is 6.15. The highest BCUT2D eigenvalue weighted by Gasteiger charge is 2.24. The third-order valence-electron chi connectivity index (χ3n) is 6.41. The molecule has 0 unspecified atom stereocenters. The molecule has 2 aliphatic rings. The molecule has 2 fully saturated rings. The van der Waals surface area contributed by atoms with Crippen LogP contribution in [-0.4, -0.2) is 69.2 Å². The number of benzene rings is 1. The molecule has 1 aliphatic carbocycles. The third-order valence-corrected chi connectivity index (χ3v) is 7.22. The topological polar surface area (TPSA) is 38.8 Å². The number of carbonyl (C=O) groups excluding carboxylic acids is 1. The molecule has 162 valence electrons. The molecular weight excluding hydrogens is 407 g/mol. The zero-order chi connectivity index (χ0) is 20.8. The number of hydrogen-bond acceptors (Lipinski definition) is 3. The van der Waals surface area contributed by atoms with Crippen molar-refractivity contribution in [1.29, 1.82) is 0 Å². The van der Waals surface area contributed by atoms with Gasteiger partial charge in [0, 0.05) is 46.8 Å². The first kappa shape index (κ1) is 22.5. The maximum atomic E-state index is 11.7. The van der Waals surface area contributed by atoms with Crippen molar-refractivity contribution in [2.24, 2.45) is 11.8 Å². The van der Waals surface area contributed by atoms with E-state index in [-0.39, 0.29) is 6.03 Å². The van der Waals surface area contributed by atoms with Gasteiger partial charge in [0.2, 0.25) is 0 Å². The molecule has 3 rings (SSSR count). The first-order valence-corrected chi connectivity index (χ1v) is 11.6. The summed E-state index contributed by atoms with van der Waals surface area (Å²) in [5.74, 6) is 1.47. The zero-order valence-electron chi connectivity index (χ0n) is 17.7. The van der Waals surface area contributed by atoms with Gasteiger partial charge in [-0.15, -0.1) is 0 Å². The largest absolute Gasteiger partial charge is 0.368 e. The third kappa shape index (κ3) is 6.40. The van der Waals surface area contributed by atoms with Gasteiger partial charge in [0.25, 0.3) is 0 Å². The average Bonchev–Trinajstić information content (AvgIpc) is 2.73. The van der Waals surface area contributed by atoms with E-state index in [1.54, 1.807) is 19.0 Å². The van der Waals surface area contributed by atoms with Crippen molar-refractivity contribution < 1.29 is 4.79 Å². The molecule has 0 radical (unpaired) electrons. The van der Waals surface area contributed by atoms with E-state index in [9.17, 15) is 4.79 Å². The number of anilines is 1. The van der Waals surface area contributed by atoms with Crippen LogP contribution < -0.4 is 10.2 Å². The molecule has 1 saturated carbocycles. The quantitative estimate of drug-likeness (QED) is 0.702. The second-order valence-corrected chi connectivity index (χ2v) is 9.44. The molecule has 0 aromatic heterocycles. The molecule has 2 amide bonds. The van der Waals surface area contributed by atoms with Gasteiger partial charge < -0.3 is 15.1 Å². The summed E-state index contributed by atoms with van der Waals surface area (Å²) in [6.07, 6.45) is 6.34. The lowest BCUT2D eigenvalue weighted by molar-refractivity contribution is 0.196. The van der Waals surface area contributed by atoms with E-state index in [0.717, 1.165) is 44.3 Å². The molecule has 1 N–H and O–H groups in total. The zero-order valence-corrected chi connectivity index (χ0v) is 19.2. The molecule has 1 aromatic rings. The van der Waals surface area contributed by atoms with Crippen molar-refractivity contribution in [1.82, 2.24) is 15.1 Å². The van der Waals surface area contributed by atoms with Crippen molar-refractivity contribution in [3.8, 4) is 0 Å². The molecule has 29 heavy (non-hydrogen) atoms. The van der Waals surface area contributed by atoms with Crippen LogP contribution >= 0.6 is 23.2 Å². The minimum Gasteiger partial charge on any atom is -0.368 e. The Kier molecular flexibility index (Phi) is 8.34. The first-order chi connectivity index (χ1) is 13.9. The van der Waals surface area contributed by atoms with Gasteiger partial charge in [0.05, 0.1) is 15.7 Å². The molecule has 0 atom stereocenters. The Labute approximate surface area is 185 Å². The van der Waals surface area contributed by atoms with Gasteiger partial charge in [-0.2, -0.15) is 0 Å². The van der Waals surface area contributed by atoms with Gasteiger partial charge in [-0.3, -0.25) is 4.90 Å². The average molecular weight is 441 g/mol. The van der Waals surface area contributed by atoms with Gasteiger partial charge in [-0.05, 0) is 49.8 Å². The predicted octanol–water partition coefficient (Wildman–Crippen LogP) is 4.58. The van der Waals surface area contributed by atoms with Crippen LogP contribution in [0.4, 0.5) is 10.5 Å². The summed E-state index contributed by atoms with van der Waals surface area (Å²) in [5, 5.41) is 4.33. The molecular formula is C22H34Cl2N4O. The lowest BCUT2D eigenvalue weighted by Crippen LogP contribution is -2.47. The molecule has 1 saturated heterocycles. The summed E-state index contributed by atoms with van der Waals surface area (Å²) in [6, 6.07) is 5.89. The number of amides is 2. The molecule has 1 heterocycles. The number of piperazine rings is 1. The van der Waals surface area contributed by atoms with Crippen LogP contribution in [0.5, 0.6) is 0 Å². The maximum absolute atomic E-state index is 11.7. The highest BCUT2D eigenvalue weighted by molar-refractivity contribution is 6.43. The van der Waals surface area contributed by atoms with E-state index >= 15 is 0 Å². The van der Waals surface area contributed by atoms with E-state index in [1.165, 1.54) is 38.6 Å². The van der Waals surface area contributed by atoms with Gasteiger partial charge in [-0.1, -0.05) is 42.1 Å². The van der Waals surface area contributed by atoms with Crippen LogP contribution in [-0.2, 0) is 0 Å². The van der Waals surface area contributed by atoms with E-state index in [4.69, 9.17) is 23.2 Å². The Hall–Kier alpha value is -1.17. The lowest BCUT2D eigenvalue weighted by atomic mass is 9.80. The van der Waals surface area contributed by atoms with Crippen LogP contribution in [0.1, 0.15) is 32.1 Å². The van der Waals surface area contributed by atoms with Crippen molar-refractivity contribution in [3.63, 3.8) is 0 Å². The highest BCUT2D eigenvalue weighted by atomic mass is 35.5. The Morgan fingerprint density at radius 2 is 1.72 bits per heavy atom. The van der Waals surface area contributed by atoms with Crippen LogP contribution in [0.2, 0.25) is 10.0 Å². The van der Waals surface area contributed by atoms with Crippen molar-refractivity contribution in [2.75, 3.05) is 58.3 Å². The fraction of sp³-hybridized carbons (Fsp3) is 0.682. The standard InChI is InChI=1S/C22H34Cl2N4O/c1-26(2)22(29)25-16-18-8-6-17(7-9-18)10-11-27-12-14-28(15-13-27)20-5-3-4-19(23)21(20)24/h3-5,17-18H,6-16H2,1-2H3,(H,25,29). The second-order valence-electron chi connectivity index (χ2n) is 8.66. The van der Waals surface area contributed by atoms with E-state index in [0.29, 0.717) is 16.0 Å². The fourth-order valence-corrected chi connectivity index (χ4v) is 4.84. The van der Waals surface area contributed by atoms with Crippen LogP contribution in [0.3, 0.4) is 0 Å². The first-order valence-electron chi connectivity index (χ1n) is 10.8. The van der Waals surface area contributed by atoms with Crippen molar-refractivity contribution in [3.05, 3.63) is 28.2 Å². The number of rotatable bonds is 6. The van der Waals surface area contributed by atoms with Gasteiger partial charge >= 0.3 is 6.03 Å². The molecule has 0 spiro atoms. The van der Waals surface area contributed by atoms with E-state index < -0.39 is 0 Å². The van der Waals surface area contributed by atoms with Crippen LogP contribution in [0.25, 0.3) is 0 Å². The van der Waals surface area contributed by atoms with E-state index in [1.807, 2.05) is 12.1 Å². The minimum absolute atomic E-state index is 0.0188. The monoisotopic (exact) mass is 440 g/mol. The van der Waals surface area contributed by atoms with Gasteiger partial charge in [0.15, 0.2) is 0 Å². The van der Waals surface area contributed by atoms with E-state index in [2.05, 4.69) is 21.2 Å². The Bertz CT molecular complexity index is 669. The normalized spacial score (nSPS) is 23.1. The molecule has 7 heteroatoms. The molecule has 0 bridgehead atoms. The summed E-state index contributed by atoms with van der Waals surface area (Å²) < 4.78 is 0. The summed E-state index contributed by atoms with van der Waals surface area (Å²) in [4.78, 5) is 18.2. The van der Waals surface area contributed by atoms with Gasteiger partial charge in [-0.25, -0.2) is 4.79 Å². The Morgan fingerprint density at radius 3 is 2.38 bits per heavy atom. The SMILES string of the molecule is CN(C)C(=O)NCC1CCC(CCN2CCN(c3cccc(Cl)c3Cl)CC2)CC1.